The lowest BCUT2D eigenvalue weighted by atomic mass is 10.1. The first-order valence-electron chi connectivity index (χ1n) is 4.55. The molecular formula is C11H10Cl2N2. The molecule has 0 aliphatic rings. The van der Waals surface area contributed by atoms with E-state index in [1.165, 1.54) is 0 Å². The maximum atomic E-state index is 8.37. The van der Waals surface area contributed by atoms with Gasteiger partial charge in [0.25, 0.3) is 0 Å². The second-order valence-electron chi connectivity index (χ2n) is 3.12. The van der Waals surface area contributed by atoms with Crippen molar-refractivity contribution in [1.82, 2.24) is 0 Å². The third-order valence-corrected chi connectivity index (χ3v) is 2.72. The highest BCUT2D eigenvalue weighted by atomic mass is 35.5. The zero-order valence-electron chi connectivity index (χ0n) is 8.06. The molecule has 78 valence electrons. The van der Waals surface area contributed by atoms with Gasteiger partial charge in [-0.2, -0.15) is 5.26 Å². The maximum absolute atomic E-state index is 8.37. The van der Waals surface area contributed by atoms with Crippen molar-refractivity contribution in [1.29, 1.82) is 10.7 Å². The topological polar surface area (TPSA) is 47.6 Å². The molecule has 4 heteroatoms. The summed E-state index contributed by atoms with van der Waals surface area (Å²) < 4.78 is 0. The molecular weight excluding hydrogens is 231 g/mol. The Labute approximate surface area is 98.9 Å². The molecule has 0 spiro atoms. The molecule has 1 aromatic rings. The summed E-state index contributed by atoms with van der Waals surface area (Å²) in [4.78, 5) is 0. The van der Waals surface area contributed by atoms with E-state index in [-0.39, 0.29) is 0 Å². The fourth-order valence-electron chi connectivity index (χ4n) is 1.17. The average molecular weight is 241 g/mol. The first-order chi connectivity index (χ1) is 7.15. The van der Waals surface area contributed by atoms with E-state index in [1.807, 2.05) is 0 Å². The number of hydrogen-bond acceptors (Lipinski definition) is 2. The van der Waals surface area contributed by atoms with Crippen LogP contribution in [0.5, 0.6) is 0 Å². The van der Waals surface area contributed by atoms with Gasteiger partial charge in [-0.1, -0.05) is 29.3 Å². The molecule has 0 radical (unpaired) electrons. The highest BCUT2D eigenvalue weighted by molar-refractivity contribution is 6.42. The number of nitrogens with zero attached hydrogens (tertiary/aromatic N) is 1. The zero-order chi connectivity index (χ0) is 11.3. The molecule has 1 N–H and O–H groups in total. The molecule has 0 heterocycles. The van der Waals surface area contributed by atoms with Crippen LogP contribution < -0.4 is 0 Å². The fraction of sp³-hybridized carbons (Fsp3) is 0.273. The third kappa shape index (κ3) is 3.54. The number of nitriles is 1. The molecule has 0 aliphatic carbocycles. The fourth-order valence-corrected chi connectivity index (χ4v) is 1.47. The first-order valence-corrected chi connectivity index (χ1v) is 5.30. The zero-order valence-corrected chi connectivity index (χ0v) is 9.57. The van der Waals surface area contributed by atoms with Crippen LogP contribution in [0, 0.1) is 16.7 Å². The lowest BCUT2D eigenvalue weighted by molar-refractivity contribution is 0.899. The molecule has 0 bridgehead atoms. The molecule has 0 saturated carbocycles. The molecule has 1 aromatic carbocycles. The summed E-state index contributed by atoms with van der Waals surface area (Å²) >= 11 is 11.6. The highest BCUT2D eigenvalue weighted by Crippen LogP contribution is 2.23. The van der Waals surface area contributed by atoms with Crippen molar-refractivity contribution in [2.75, 3.05) is 0 Å². The molecule has 0 unspecified atom stereocenters. The second-order valence-corrected chi connectivity index (χ2v) is 3.93. The maximum Gasteiger partial charge on any atom is 0.0621 e. The van der Waals surface area contributed by atoms with Gasteiger partial charge in [-0.15, -0.1) is 0 Å². The summed E-state index contributed by atoms with van der Waals surface area (Å²) in [6.45, 7) is 0. The van der Waals surface area contributed by atoms with E-state index in [0.29, 0.717) is 35.0 Å². The predicted octanol–water partition coefficient (Wildman–Crippen LogP) is 4.06. The van der Waals surface area contributed by atoms with Gasteiger partial charge in [-0.05, 0) is 30.5 Å². The minimum absolute atomic E-state index is 0.458. The number of unbranched alkanes of at least 4 members (excludes halogenated alkanes) is 1. The smallest absolute Gasteiger partial charge is 0.0621 e. The van der Waals surface area contributed by atoms with Gasteiger partial charge < -0.3 is 5.41 Å². The summed E-state index contributed by atoms with van der Waals surface area (Å²) in [6, 6.07) is 7.18. The van der Waals surface area contributed by atoms with Gasteiger partial charge >= 0.3 is 0 Å². The summed E-state index contributed by atoms with van der Waals surface area (Å²) in [5.41, 5.74) is 1.26. The van der Waals surface area contributed by atoms with Crippen LogP contribution in [-0.2, 0) is 0 Å². The predicted molar refractivity (Wildman–Crippen MR) is 62.8 cm³/mol. The number of nitrogens with one attached hydrogen (secondary N) is 1. The Kier molecular flexibility index (Phi) is 4.61. The van der Waals surface area contributed by atoms with Gasteiger partial charge in [-0.3, -0.25) is 0 Å². The Balaban J connectivity index is 2.67. The van der Waals surface area contributed by atoms with Crippen molar-refractivity contribution < 1.29 is 0 Å². The van der Waals surface area contributed by atoms with E-state index in [2.05, 4.69) is 6.07 Å². The monoisotopic (exact) mass is 240 g/mol. The van der Waals surface area contributed by atoms with Crippen LogP contribution in [0.2, 0.25) is 10.0 Å². The second kappa shape index (κ2) is 5.75. The van der Waals surface area contributed by atoms with E-state index in [1.54, 1.807) is 18.2 Å². The molecule has 0 aliphatic heterocycles. The standard InChI is InChI=1S/C11H10Cl2N2/c12-9-5-4-8(7-10(9)13)11(15)3-1-2-6-14/h4-5,7,15H,1-3H2. The van der Waals surface area contributed by atoms with Gasteiger partial charge in [0.1, 0.15) is 0 Å². The molecule has 0 atom stereocenters. The molecule has 0 saturated heterocycles. The SMILES string of the molecule is N#CCCCC(=N)c1ccc(Cl)c(Cl)c1. The van der Waals surface area contributed by atoms with E-state index in [0.717, 1.165) is 5.56 Å². The van der Waals surface area contributed by atoms with Crippen LogP contribution in [-0.4, -0.2) is 5.71 Å². The summed E-state index contributed by atoms with van der Waals surface area (Å²) in [6.07, 6.45) is 1.77. The van der Waals surface area contributed by atoms with Gasteiger partial charge in [0.2, 0.25) is 0 Å². The van der Waals surface area contributed by atoms with Gasteiger partial charge in [0.05, 0.1) is 16.1 Å². The minimum atomic E-state index is 0.458. The van der Waals surface area contributed by atoms with Gasteiger partial charge in [-0.25, -0.2) is 0 Å². The Bertz CT molecular complexity index is 408. The summed E-state index contributed by atoms with van der Waals surface area (Å²) in [5.74, 6) is 0. The summed E-state index contributed by atoms with van der Waals surface area (Å²) in [5, 5.41) is 17.1. The average Bonchev–Trinajstić information content (AvgIpc) is 2.22. The quantitative estimate of drug-likeness (QED) is 0.627. The van der Waals surface area contributed by atoms with Crippen LogP contribution in [0.3, 0.4) is 0 Å². The van der Waals surface area contributed by atoms with Crippen LogP contribution in [0.4, 0.5) is 0 Å². The molecule has 15 heavy (non-hydrogen) atoms. The van der Waals surface area contributed by atoms with Crippen molar-refractivity contribution in [3.05, 3.63) is 33.8 Å². The number of benzene rings is 1. The van der Waals surface area contributed by atoms with Gasteiger partial charge in [0, 0.05) is 12.1 Å². The van der Waals surface area contributed by atoms with E-state index in [4.69, 9.17) is 33.9 Å². The van der Waals surface area contributed by atoms with Crippen molar-refractivity contribution in [3.8, 4) is 6.07 Å². The molecule has 2 nitrogen and oxygen atoms in total. The number of rotatable bonds is 4. The normalized spacial score (nSPS) is 9.67. The lowest BCUT2D eigenvalue weighted by Crippen LogP contribution is -1.98. The Morgan fingerprint density at radius 1 is 1.33 bits per heavy atom. The summed E-state index contributed by atoms with van der Waals surface area (Å²) in [7, 11) is 0. The van der Waals surface area contributed by atoms with Crippen LogP contribution in [0.1, 0.15) is 24.8 Å². The highest BCUT2D eigenvalue weighted by Gasteiger charge is 2.04. The third-order valence-electron chi connectivity index (χ3n) is 1.98. The van der Waals surface area contributed by atoms with Crippen LogP contribution >= 0.6 is 23.2 Å². The largest absolute Gasteiger partial charge is 0.305 e. The minimum Gasteiger partial charge on any atom is -0.305 e. The van der Waals surface area contributed by atoms with Crippen molar-refractivity contribution in [2.45, 2.75) is 19.3 Å². The first kappa shape index (κ1) is 12.0. The Hall–Kier alpha value is -1.04. The van der Waals surface area contributed by atoms with Gasteiger partial charge in [0.15, 0.2) is 0 Å². The van der Waals surface area contributed by atoms with Crippen molar-refractivity contribution >= 4 is 28.9 Å². The molecule has 0 fully saturated rings. The lowest BCUT2D eigenvalue weighted by Gasteiger charge is -2.04. The van der Waals surface area contributed by atoms with Crippen molar-refractivity contribution in [2.24, 2.45) is 0 Å². The Morgan fingerprint density at radius 2 is 2.07 bits per heavy atom. The van der Waals surface area contributed by atoms with E-state index >= 15 is 0 Å². The molecule has 0 aromatic heterocycles. The van der Waals surface area contributed by atoms with Crippen molar-refractivity contribution in [3.63, 3.8) is 0 Å². The Morgan fingerprint density at radius 3 is 2.67 bits per heavy atom. The van der Waals surface area contributed by atoms with Crippen LogP contribution in [0.25, 0.3) is 0 Å². The molecule has 0 amide bonds. The molecule has 1 rings (SSSR count). The van der Waals surface area contributed by atoms with E-state index in [9.17, 15) is 0 Å². The number of hydrogen-bond donors (Lipinski definition) is 1. The number of halogens is 2. The van der Waals surface area contributed by atoms with Crippen LogP contribution in [0.15, 0.2) is 18.2 Å². The van der Waals surface area contributed by atoms with E-state index < -0.39 is 0 Å².